The lowest BCUT2D eigenvalue weighted by atomic mass is 9.43. The first-order valence-electron chi connectivity index (χ1n) is 12.7. The maximum absolute atomic E-state index is 10.4. The number of rotatable bonds is 2. The molecule has 0 radical (unpaired) electrons. The van der Waals surface area contributed by atoms with Crippen molar-refractivity contribution >= 4 is 0 Å². The minimum Gasteiger partial charge on any atom is -0.388 e. The lowest BCUT2D eigenvalue weighted by molar-refractivity contribution is -0.309. The highest BCUT2D eigenvalue weighted by atomic mass is 16.7. The summed E-state index contributed by atoms with van der Waals surface area (Å²) in [7, 11) is 0. The van der Waals surface area contributed by atoms with Crippen LogP contribution in [0.5, 0.6) is 0 Å². The zero-order valence-corrected chi connectivity index (χ0v) is 19.5. The molecule has 5 rings (SSSR count). The molecule has 0 bridgehead atoms. The predicted octanol–water partition coefficient (Wildman–Crippen LogP) is 2.71. The first-order chi connectivity index (χ1) is 14.6. The number of ether oxygens (including phenoxy) is 2. The van der Waals surface area contributed by atoms with Gasteiger partial charge < -0.3 is 30.5 Å². The van der Waals surface area contributed by atoms with E-state index in [1.807, 2.05) is 0 Å². The topological polar surface area (TPSA) is 105 Å². The van der Waals surface area contributed by atoms with E-state index in [0.29, 0.717) is 28.6 Å². The third-order valence-corrected chi connectivity index (χ3v) is 10.9. The smallest absolute Gasteiger partial charge is 0.186 e. The van der Waals surface area contributed by atoms with Crippen molar-refractivity contribution in [2.45, 2.75) is 127 Å². The van der Waals surface area contributed by atoms with Gasteiger partial charge in [0.2, 0.25) is 0 Å². The Balaban J connectivity index is 1.28. The Labute approximate surface area is 186 Å². The van der Waals surface area contributed by atoms with E-state index in [-0.39, 0.29) is 11.6 Å². The van der Waals surface area contributed by atoms with Gasteiger partial charge in [-0.05, 0) is 93.3 Å². The number of aliphatic hydroxyl groups is 3. The van der Waals surface area contributed by atoms with Crippen molar-refractivity contribution in [3.63, 3.8) is 0 Å². The minimum absolute atomic E-state index is 0.0183. The number of fused-ring (bicyclic) bond motifs is 5. The van der Waals surface area contributed by atoms with Crippen molar-refractivity contribution in [1.82, 2.24) is 0 Å². The molecule has 5 fully saturated rings. The highest BCUT2D eigenvalue weighted by Gasteiger charge is 2.63. The lowest BCUT2D eigenvalue weighted by Crippen LogP contribution is -2.65. The molecule has 31 heavy (non-hydrogen) atoms. The van der Waals surface area contributed by atoms with Crippen molar-refractivity contribution in [2.75, 3.05) is 0 Å². The molecule has 12 atom stereocenters. The highest BCUT2D eigenvalue weighted by molar-refractivity contribution is 5.17. The van der Waals surface area contributed by atoms with Crippen LogP contribution in [0.2, 0.25) is 0 Å². The molecule has 1 saturated heterocycles. The van der Waals surface area contributed by atoms with Crippen LogP contribution in [0, 0.1) is 28.6 Å². The molecule has 1 heterocycles. The first kappa shape index (κ1) is 22.5. The summed E-state index contributed by atoms with van der Waals surface area (Å²) in [6, 6.07) is 0. The Morgan fingerprint density at radius 3 is 2.42 bits per heavy atom. The number of hydrogen-bond acceptors (Lipinski definition) is 6. The third-order valence-electron chi connectivity index (χ3n) is 10.9. The highest BCUT2D eigenvalue weighted by Crippen LogP contribution is 2.67. The summed E-state index contributed by atoms with van der Waals surface area (Å²) >= 11 is 0. The molecule has 6 heteroatoms. The van der Waals surface area contributed by atoms with Crippen molar-refractivity contribution in [3.05, 3.63) is 0 Å². The summed E-state index contributed by atoms with van der Waals surface area (Å²) in [5.74, 6) is 1.96. The average Bonchev–Trinajstić information content (AvgIpc) is 3.05. The molecule has 178 valence electrons. The van der Waals surface area contributed by atoms with Gasteiger partial charge in [-0.15, -0.1) is 0 Å². The van der Waals surface area contributed by atoms with E-state index in [1.165, 1.54) is 44.9 Å². The van der Waals surface area contributed by atoms with E-state index >= 15 is 0 Å². The second-order valence-corrected chi connectivity index (χ2v) is 12.2. The van der Waals surface area contributed by atoms with Crippen LogP contribution in [0.25, 0.3) is 0 Å². The monoisotopic (exact) mass is 437 g/mol. The van der Waals surface area contributed by atoms with Gasteiger partial charge in [-0.25, -0.2) is 0 Å². The molecule has 0 aromatic heterocycles. The fourth-order valence-electron chi connectivity index (χ4n) is 8.71. The van der Waals surface area contributed by atoms with E-state index in [0.717, 1.165) is 19.3 Å². The SMILES string of the molecule is CC1OC(O[C@H]2CC[C@@]3(C)[C@H](CCC4[C@@H]3CC[C@]3(C)CCC[C@]43N)C2)C(O)C(O)C1O. The molecule has 5 aliphatic rings. The Hall–Kier alpha value is -0.240. The molecule has 6 nitrogen and oxygen atoms in total. The van der Waals surface area contributed by atoms with E-state index < -0.39 is 30.7 Å². The van der Waals surface area contributed by atoms with Crippen molar-refractivity contribution in [1.29, 1.82) is 0 Å². The Morgan fingerprint density at radius 1 is 0.871 bits per heavy atom. The summed E-state index contributed by atoms with van der Waals surface area (Å²) < 4.78 is 11.9. The van der Waals surface area contributed by atoms with Gasteiger partial charge in [-0.1, -0.05) is 20.3 Å². The fourth-order valence-corrected chi connectivity index (χ4v) is 8.71. The van der Waals surface area contributed by atoms with Crippen LogP contribution in [-0.2, 0) is 9.47 Å². The van der Waals surface area contributed by atoms with Gasteiger partial charge in [0.1, 0.15) is 18.3 Å². The number of hydrogen-bond donors (Lipinski definition) is 4. The maximum atomic E-state index is 10.4. The molecule has 5 N–H and O–H groups in total. The summed E-state index contributed by atoms with van der Waals surface area (Å²) in [6.45, 7) is 6.68. The maximum Gasteiger partial charge on any atom is 0.186 e. The van der Waals surface area contributed by atoms with Crippen LogP contribution < -0.4 is 5.73 Å². The first-order valence-corrected chi connectivity index (χ1v) is 12.7. The molecular formula is C25H43NO5. The summed E-state index contributed by atoms with van der Waals surface area (Å²) in [4.78, 5) is 0. The van der Waals surface area contributed by atoms with Crippen LogP contribution in [0.1, 0.15) is 85.0 Å². The normalized spacial score (nSPS) is 59.5. The molecule has 0 aromatic rings. The van der Waals surface area contributed by atoms with E-state index in [2.05, 4.69) is 13.8 Å². The molecule has 0 aromatic carbocycles. The second kappa shape index (κ2) is 7.64. The van der Waals surface area contributed by atoms with E-state index in [1.54, 1.807) is 6.92 Å². The largest absolute Gasteiger partial charge is 0.388 e. The van der Waals surface area contributed by atoms with Crippen LogP contribution in [0.3, 0.4) is 0 Å². The van der Waals surface area contributed by atoms with Crippen molar-refractivity contribution < 1.29 is 24.8 Å². The van der Waals surface area contributed by atoms with Gasteiger partial charge in [0.05, 0.1) is 12.2 Å². The van der Waals surface area contributed by atoms with Gasteiger partial charge in [0, 0.05) is 5.54 Å². The van der Waals surface area contributed by atoms with Gasteiger partial charge in [-0.3, -0.25) is 0 Å². The molecule has 1 aliphatic heterocycles. The molecule has 6 unspecified atom stereocenters. The Bertz CT molecular complexity index is 691. The van der Waals surface area contributed by atoms with Crippen LogP contribution in [0.4, 0.5) is 0 Å². The molecular weight excluding hydrogens is 394 g/mol. The van der Waals surface area contributed by atoms with Crippen LogP contribution >= 0.6 is 0 Å². The van der Waals surface area contributed by atoms with Gasteiger partial charge in [-0.2, -0.15) is 0 Å². The number of aliphatic hydroxyl groups excluding tert-OH is 3. The summed E-state index contributed by atoms with van der Waals surface area (Å²) in [5, 5.41) is 30.4. The zero-order chi connectivity index (χ0) is 22.2. The average molecular weight is 438 g/mol. The van der Waals surface area contributed by atoms with Crippen LogP contribution in [0.15, 0.2) is 0 Å². The Kier molecular flexibility index (Phi) is 5.56. The second-order valence-electron chi connectivity index (χ2n) is 12.2. The van der Waals surface area contributed by atoms with Crippen molar-refractivity contribution in [3.8, 4) is 0 Å². The van der Waals surface area contributed by atoms with E-state index in [4.69, 9.17) is 15.2 Å². The predicted molar refractivity (Wildman–Crippen MR) is 117 cm³/mol. The number of nitrogens with two attached hydrogens (primary N) is 1. The Morgan fingerprint density at radius 2 is 1.65 bits per heavy atom. The van der Waals surface area contributed by atoms with Crippen molar-refractivity contribution in [2.24, 2.45) is 34.3 Å². The minimum atomic E-state index is -1.23. The van der Waals surface area contributed by atoms with Crippen LogP contribution in [-0.4, -0.2) is 57.7 Å². The summed E-state index contributed by atoms with van der Waals surface area (Å²) in [6.07, 6.45) is 6.90. The van der Waals surface area contributed by atoms with Gasteiger partial charge in [0.25, 0.3) is 0 Å². The van der Waals surface area contributed by atoms with Gasteiger partial charge in [0.15, 0.2) is 6.29 Å². The zero-order valence-electron chi connectivity index (χ0n) is 19.5. The quantitative estimate of drug-likeness (QED) is 0.495. The standard InChI is InChI=1S/C25H43NO5/c1-14-19(27)20(28)21(29)22(30-14)31-16-7-12-24(3)15(13-16)5-6-18-17(24)8-11-23(2)9-4-10-25(18,23)26/h14-22,27-29H,4-13,26H2,1-3H3/t14?,15-,16+,17+,18?,19?,20?,21?,22?,23+,24+,25+/m1/s1. The molecule has 0 spiro atoms. The molecule has 0 amide bonds. The molecule has 4 saturated carbocycles. The van der Waals surface area contributed by atoms with Gasteiger partial charge >= 0.3 is 0 Å². The summed E-state index contributed by atoms with van der Waals surface area (Å²) in [5.41, 5.74) is 7.88. The fraction of sp³-hybridized carbons (Fsp3) is 1.00. The molecule has 4 aliphatic carbocycles. The van der Waals surface area contributed by atoms with E-state index in [9.17, 15) is 15.3 Å². The third kappa shape index (κ3) is 3.27. The lowest BCUT2D eigenvalue weighted by Gasteiger charge is -2.64.